The van der Waals surface area contributed by atoms with Gasteiger partial charge in [-0.25, -0.2) is 8.75 Å². The minimum absolute atomic E-state index is 1.21. The molecule has 0 radical (unpaired) electrons. The first-order valence-electron chi connectivity index (χ1n) is 3.03. The first-order chi connectivity index (χ1) is 3.97. The largest absolute Gasteiger partial charge is 0.235 e. The van der Waals surface area contributed by atoms with Gasteiger partial charge in [-0.3, -0.25) is 0 Å². The molecule has 0 aromatic carbocycles. The third kappa shape index (κ3) is 1.83. The van der Waals surface area contributed by atoms with Crippen LogP contribution >= 0.6 is 8.75 Å². The molecule has 1 heteroatoms. The lowest BCUT2D eigenvalue weighted by atomic mass is 10.5. The molecule has 0 aromatic rings. The summed E-state index contributed by atoms with van der Waals surface area (Å²) in [6.45, 7) is 0. The molecule has 1 aliphatic rings. The second-order valence-electron chi connectivity index (χ2n) is 3.62. The molecule has 0 amide bonds. The zero-order valence-electron chi connectivity index (χ0n) is 6.29. The van der Waals surface area contributed by atoms with Gasteiger partial charge in [0.25, 0.3) is 0 Å². The maximum Gasteiger partial charge on any atom is -0.0347 e. The van der Waals surface area contributed by atoms with Gasteiger partial charge < -0.3 is 0 Å². The highest BCUT2D eigenvalue weighted by Crippen LogP contribution is 2.49. The molecule has 0 bridgehead atoms. The van der Waals surface area contributed by atoms with E-state index in [0.29, 0.717) is 0 Å². The van der Waals surface area contributed by atoms with Gasteiger partial charge in [0.1, 0.15) is 0 Å². The van der Waals surface area contributed by atoms with E-state index in [1.807, 2.05) is 0 Å². The van der Waals surface area contributed by atoms with Crippen LogP contribution in [0.1, 0.15) is 0 Å². The summed E-state index contributed by atoms with van der Waals surface area (Å²) in [6.07, 6.45) is 13.3. The third-order valence-electron chi connectivity index (χ3n) is 1.35. The zero-order valence-corrected chi connectivity index (χ0v) is 7.11. The first kappa shape index (κ1) is 6.81. The van der Waals surface area contributed by atoms with Crippen molar-refractivity contribution < 1.29 is 0 Å². The van der Waals surface area contributed by atoms with E-state index in [9.17, 15) is 0 Å². The van der Waals surface area contributed by atoms with E-state index in [1.54, 1.807) is 0 Å². The van der Waals surface area contributed by atoms with Crippen molar-refractivity contribution in [3.63, 3.8) is 0 Å². The van der Waals surface area contributed by atoms with Crippen molar-refractivity contribution in [3.8, 4) is 0 Å². The molecule has 9 heavy (non-hydrogen) atoms. The Morgan fingerprint density at radius 3 is 1.78 bits per heavy atom. The minimum Gasteiger partial charge on any atom is -0.235 e. The maximum atomic E-state index is 2.32. The van der Waals surface area contributed by atoms with E-state index in [2.05, 4.69) is 47.8 Å². The topological polar surface area (TPSA) is 0 Å². The van der Waals surface area contributed by atoms with Crippen molar-refractivity contribution >= 4 is 14.1 Å². The lowest BCUT2D eigenvalue weighted by Gasteiger charge is -2.34. The Morgan fingerprint density at radius 1 is 0.889 bits per heavy atom. The summed E-state index contributed by atoms with van der Waals surface area (Å²) in [7, 11) is -1.21. The smallest absolute Gasteiger partial charge is 0.0347 e. The summed E-state index contributed by atoms with van der Waals surface area (Å²) in [5.41, 5.74) is 0. The van der Waals surface area contributed by atoms with Crippen LogP contribution in [0.5, 0.6) is 0 Å². The quantitative estimate of drug-likeness (QED) is 0.454. The predicted octanol–water partition coefficient (Wildman–Crippen LogP) is 2.10. The monoisotopic (exact) mass is 142 g/mol. The molecule has 0 N–H and O–H groups in total. The molecule has 0 saturated carbocycles. The molecule has 0 saturated heterocycles. The van der Waals surface area contributed by atoms with Crippen LogP contribution in [0.4, 0.5) is 0 Å². The lowest BCUT2D eigenvalue weighted by molar-refractivity contribution is 1.97. The van der Waals surface area contributed by atoms with Crippen LogP contribution in [0, 0.1) is 0 Å². The summed E-state index contributed by atoms with van der Waals surface area (Å²) in [5.74, 6) is 0. The number of allylic oxidation sites excluding steroid dienone is 3. The fourth-order valence-corrected chi connectivity index (χ4v) is 2.16. The van der Waals surface area contributed by atoms with Gasteiger partial charge in [-0.2, -0.15) is 0 Å². The van der Waals surface area contributed by atoms with Gasteiger partial charge in [-0.1, -0.05) is 29.0 Å². The Labute approximate surface area is 57.1 Å². The van der Waals surface area contributed by atoms with Crippen LogP contribution in [0.25, 0.3) is 0 Å². The standard InChI is InChI=1S/C8H14S/c1-9(2,3)7-5-4-6-8-9/h4-8H,1-3H3. The van der Waals surface area contributed by atoms with Crippen molar-refractivity contribution in [2.24, 2.45) is 0 Å². The van der Waals surface area contributed by atoms with Crippen LogP contribution < -0.4 is 0 Å². The van der Waals surface area contributed by atoms with Crippen molar-refractivity contribution in [2.45, 2.75) is 0 Å². The summed E-state index contributed by atoms with van der Waals surface area (Å²) in [6, 6.07) is 0. The predicted molar refractivity (Wildman–Crippen MR) is 49.7 cm³/mol. The Hall–Kier alpha value is -0.300. The van der Waals surface area contributed by atoms with E-state index in [1.165, 1.54) is 0 Å². The molecule has 1 heterocycles. The normalized spacial score (nSPS) is 32.1. The number of rotatable bonds is 0. The summed E-state index contributed by atoms with van der Waals surface area (Å²) >= 11 is 0. The molecule has 0 atom stereocenters. The molecule has 0 spiro atoms. The molecule has 0 aliphatic carbocycles. The van der Waals surface area contributed by atoms with Gasteiger partial charge in [-0.15, -0.1) is 0 Å². The van der Waals surface area contributed by atoms with Crippen molar-refractivity contribution in [1.29, 1.82) is 0 Å². The summed E-state index contributed by atoms with van der Waals surface area (Å²) in [5, 5.41) is 4.63. The van der Waals surface area contributed by atoms with Gasteiger partial charge in [0.05, 0.1) is 0 Å². The Balaban J connectivity index is 3.25. The van der Waals surface area contributed by atoms with Crippen LogP contribution in [0.3, 0.4) is 0 Å². The highest BCUT2D eigenvalue weighted by atomic mass is 32.3. The van der Waals surface area contributed by atoms with Gasteiger partial charge >= 0.3 is 0 Å². The van der Waals surface area contributed by atoms with E-state index < -0.39 is 8.75 Å². The zero-order chi connectivity index (χ0) is 6.98. The Kier molecular flexibility index (Phi) is 1.21. The van der Waals surface area contributed by atoms with Crippen LogP contribution in [0.15, 0.2) is 23.6 Å². The first-order valence-corrected chi connectivity index (χ1v) is 6.42. The summed E-state index contributed by atoms with van der Waals surface area (Å²) < 4.78 is 0. The molecule has 1 aliphatic heterocycles. The molecule has 0 unspecified atom stereocenters. The molecule has 0 nitrogen and oxygen atoms in total. The Morgan fingerprint density at radius 2 is 1.56 bits per heavy atom. The fourth-order valence-electron chi connectivity index (χ4n) is 0.762. The molecule has 0 aromatic heterocycles. The molecular weight excluding hydrogens is 128 g/mol. The lowest BCUT2D eigenvalue weighted by Crippen LogP contribution is -2.01. The molecular formula is C8H14S. The maximum absolute atomic E-state index is 2.32. The van der Waals surface area contributed by atoms with Gasteiger partial charge in [0, 0.05) is 0 Å². The average Bonchev–Trinajstić information content (AvgIpc) is 1.62. The highest BCUT2D eigenvalue weighted by Gasteiger charge is 2.09. The van der Waals surface area contributed by atoms with Crippen molar-refractivity contribution in [1.82, 2.24) is 0 Å². The minimum atomic E-state index is -1.21. The Bertz CT molecular complexity index is 224. The number of hydrogen-bond donors (Lipinski definition) is 0. The van der Waals surface area contributed by atoms with Gasteiger partial charge in [-0.05, 0) is 18.8 Å². The van der Waals surface area contributed by atoms with Crippen LogP contribution in [0.2, 0.25) is 0 Å². The molecule has 0 fully saturated rings. The average molecular weight is 142 g/mol. The highest BCUT2D eigenvalue weighted by molar-refractivity contribution is 8.48. The van der Waals surface area contributed by atoms with Gasteiger partial charge in [0.2, 0.25) is 0 Å². The van der Waals surface area contributed by atoms with Gasteiger partial charge in [0.15, 0.2) is 0 Å². The van der Waals surface area contributed by atoms with E-state index in [0.717, 1.165) is 0 Å². The summed E-state index contributed by atoms with van der Waals surface area (Å²) in [4.78, 5) is 0. The van der Waals surface area contributed by atoms with E-state index in [4.69, 9.17) is 0 Å². The molecule has 52 valence electrons. The van der Waals surface area contributed by atoms with E-state index >= 15 is 0 Å². The second kappa shape index (κ2) is 1.60. The SMILES string of the molecule is CS1(C)(C)=CC=CC=C1. The van der Waals surface area contributed by atoms with E-state index in [-0.39, 0.29) is 0 Å². The van der Waals surface area contributed by atoms with Crippen LogP contribution in [-0.4, -0.2) is 24.1 Å². The third-order valence-corrected chi connectivity index (χ3v) is 3.61. The van der Waals surface area contributed by atoms with Crippen molar-refractivity contribution in [3.05, 3.63) is 23.6 Å². The molecule has 1 rings (SSSR count). The second-order valence-corrected chi connectivity index (χ2v) is 9.72. The van der Waals surface area contributed by atoms with Crippen molar-refractivity contribution in [2.75, 3.05) is 18.8 Å². The number of hydrogen-bond acceptors (Lipinski definition) is 0. The fraction of sp³-hybridized carbons (Fsp3) is 0.375. The van der Waals surface area contributed by atoms with Crippen LogP contribution in [-0.2, 0) is 0 Å².